The highest BCUT2D eigenvalue weighted by Gasteiger charge is 2.28. The number of carbonyl (C=O) groups is 2. The number of nitro groups is 1. The number of benzene rings is 1. The van der Waals surface area contributed by atoms with Crippen molar-refractivity contribution in [3.05, 3.63) is 63.7 Å². The van der Waals surface area contributed by atoms with Crippen molar-refractivity contribution in [2.45, 2.75) is 6.92 Å². The van der Waals surface area contributed by atoms with Crippen LogP contribution in [-0.2, 0) is 14.1 Å². The summed E-state index contributed by atoms with van der Waals surface area (Å²) < 4.78 is 2.80. The number of rotatable bonds is 5. The van der Waals surface area contributed by atoms with Gasteiger partial charge in [0.15, 0.2) is 5.69 Å². The first kappa shape index (κ1) is 18.8. The van der Waals surface area contributed by atoms with E-state index in [9.17, 15) is 19.7 Å². The van der Waals surface area contributed by atoms with Crippen LogP contribution in [0.4, 0.5) is 17.1 Å². The quantitative estimate of drug-likeness (QED) is 0.510. The molecule has 0 radical (unpaired) electrons. The number of hydrogen-bond acceptors (Lipinski definition) is 6. The topological polar surface area (TPSA) is 137 Å². The van der Waals surface area contributed by atoms with Crippen molar-refractivity contribution in [2.75, 3.05) is 10.6 Å². The second kappa shape index (κ2) is 7.31. The van der Waals surface area contributed by atoms with Gasteiger partial charge in [0.2, 0.25) is 5.69 Å². The average Bonchev–Trinajstić information content (AvgIpc) is 3.20. The summed E-state index contributed by atoms with van der Waals surface area (Å²) in [4.78, 5) is 35.0. The Hall–Kier alpha value is -4.02. The molecule has 144 valence electrons. The van der Waals surface area contributed by atoms with Gasteiger partial charge >= 0.3 is 5.69 Å². The van der Waals surface area contributed by atoms with Crippen LogP contribution in [0.1, 0.15) is 26.7 Å². The maximum Gasteiger partial charge on any atom is 0.322 e. The minimum Gasteiger partial charge on any atom is -0.321 e. The molecular formula is C17H17N7O4. The van der Waals surface area contributed by atoms with Crippen LogP contribution < -0.4 is 10.6 Å². The van der Waals surface area contributed by atoms with Gasteiger partial charge in [-0.25, -0.2) is 0 Å². The molecule has 0 fully saturated rings. The Bertz CT molecular complexity index is 1070. The van der Waals surface area contributed by atoms with Gasteiger partial charge in [0.1, 0.15) is 5.69 Å². The third-order valence-corrected chi connectivity index (χ3v) is 4.05. The molecule has 2 amide bonds. The van der Waals surface area contributed by atoms with Crippen LogP contribution in [0.5, 0.6) is 0 Å². The molecular weight excluding hydrogens is 366 g/mol. The molecule has 2 heterocycles. The predicted molar refractivity (Wildman–Crippen MR) is 100 cm³/mol. The number of amides is 2. The van der Waals surface area contributed by atoms with Crippen molar-refractivity contribution in [3.8, 4) is 0 Å². The van der Waals surface area contributed by atoms with Crippen LogP contribution in [0.15, 0.2) is 36.5 Å². The van der Waals surface area contributed by atoms with Gasteiger partial charge < -0.3 is 10.6 Å². The van der Waals surface area contributed by atoms with E-state index >= 15 is 0 Å². The van der Waals surface area contributed by atoms with Gasteiger partial charge in [-0.1, -0.05) is 0 Å². The Balaban J connectivity index is 1.71. The molecule has 0 saturated carbocycles. The Morgan fingerprint density at radius 1 is 1.00 bits per heavy atom. The first-order valence-corrected chi connectivity index (χ1v) is 8.16. The van der Waals surface area contributed by atoms with Crippen LogP contribution >= 0.6 is 0 Å². The molecule has 0 spiro atoms. The highest BCUT2D eigenvalue weighted by molar-refractivity contribution is 6.06. The van der Waals surface area contributed by atoms with Crippen LogP contribution in [0.25, 0.3) is 0 Å². The van der Waals surface area contributed by atoms with Gasteiger partial charge in [0.25, 0.3) is 11.8 Å². The summed E-state index contributed by atoms with van der Waals surface area (Å²) >= 11 is 0. The van der Waals surface area contributed by atoms with E-state index in [1.165, 1.54) is 23.3 Å². The second-order valence-electron chi connectivity index (χ2n) is 6.02. The smallest absolute Gasteiger partial charge is 0.321 e. The first-order valence-electron chi connectivity index (χ1n) is 8.16. The minimum atomic E-state index is -0.694. The molecule has 2 aromatic heterocycles. The fourth-order valence-electron chi connectivity index (χ4n) is 2.53. The van der Waals surface area contributed by atoms with Crippen LogP contribution in [-0.4, -0.2) is 36.3 Å². The van der Waals surface area contributed by atoms with Gasteiger partial charge in [-0.2, -0.15) is 10.2 Å². The number of aromatic nitrogens is 4. The van der Waals surface area contributed by atoms with Gasteiger partial charge in [0.05, 0.1) is 4.92 Å². The van der Waals surface area contributed by atoms with Gasteiger partial charge in [-0.3, -0.25) is 29.1 Å². The molecule has 2 N–H and O–H groups in total. The lowest BCUT2D eigenvalue weighted by atomic mass is 10.2. The van der Waals surface area contributed by atoms with Gasteiger partial charge in [-0.05, 0) is 37.3 Å². The minimum absolute atomic E-state index is 0.266. The highest BCUT2D eigenvalue weighted by atomic mass is 16.6. The van der Waals surface area contributed by atoms with Crippen molar-refractivity contribution in [1.82, 2.24) is 19.6 Å². The zero-order valence-corrected chi connectivity index (χ0v) is 15.3. The summed E-state index contributed by atoms with van der Waals surface area (Å²) in [5, 5.41) is 24.4. The first-order chi connectivity index (χ1) is 13.3. The molecule has 1 aromatic carbocycles. The zero-order valence-electron chi connectivity index (χ0n) is 15.3. The maximum absolute atomic E-state index is 12.4. The number of carbonyl (C=O) groups excluding carboxylic acids is 2. The van der Waals surface area contributed by atoms with Crippen molar-refractivity contribution < 1.29 is 14.5 Å². The fourth-order valence-corrected chi connectivity index (χ4v) is 2.53. The van der Waals surface area contributed by atoms with E-state index in [0.29, 0.717) is 11.4 Å². The largest absolute Gasteiger partial charge is 0.322 e. The molecule has 3 rings (SSSR count). The Kier molecular flexibility index (Phi) is 4.90. The van der Waals surface area contributed by atoms with E-state index in [2.05, 4.69) is 20.8 Å². The zero-order chi connectivity index (χ0) is 20.4. The number of nitrogens with zero attached hydrogens (tertiary/aromatic N) is 5. The van der Waals surface area contributed by atoms with Crippen LogP contribution in [0.2, 0.25) is 0 Å². The standard InChI is InChI=1S/C17H17N7O4/c1-10-15(24(27)28)14(21-23(10)3)17(26)19-12-6-4-11(5-7-12)18-16(25)13-8-9-22(2)20-13/h4-9H,1-3H3,(H,18,25)(H,19,26). The SMILES string of the molecule is Cc1c([N+](=O)[O-])c(C(=O)Nc2ccc(NC(=O)c3ccn(C)n3)cc2)nn1C. The molecule has 0 unspecified atom stereocenters. The lowest BCUT2D eigenvalue weighted by molar-refractivity contribution is -0.385. The summed E-state index contributed by atoms with van der Waals surface area (Å²) in [5.41, 5.74) is 0.865. The van der Waals surface area contributed by atoms with E-state index < -0.39 is 10.8 Å². The normalized spacial score (nSPS) is 10.5. The number of anilines is 2. The van der Waals surface area contributed by atoms with Gasteiger partial charge in [0, 0.05) is 31.7 Å². The number of aryl methyl sites for hydroxylation is 2. The fraction of sp³-hybridized carbons (Fsp3) is 0.176. The van der Waals surface area contributed by atoms with E-state index in [-0.39, 0.29) is 28.7 Å². The predicted octanol–water partition coefficient (Wildman–Crippen LogP) is 1.87. The lowest BCUT2D eigenvalue weighted by Gasteiger charge is -2.06. The molecule has 0 bridgehead atoms. The molecule has 28 heavy (non-hydrogen) atoms. The Morgan fingerprint density at radius 3 is 2.07 bits per heavy atom. The monoisotopic (exact) mass is 383 g/mol. The summed E-state index contributed by atoms with van der Waals surface area (Å²) in [7, 11) is 3.24. The summed E-state index contributed by atoms with van der Waals surface area (Å²) in [6.45, 7) is 1.51. The number of hydrogen-bond donors (Lipinski definition) is 2. The molecule has 0 aliphatic rings. The maximum atomic E-state index is 12.4. The van der Waals surface area contributed by atoms with Crippen LogP contribution in [0.3, 0.4) is 0 Å². The average molecular weight is 383 g/mol. The Labute approximate surface area is 159 Å². The van der Waals surface area contributed by atoms with E-state index in [1.54, 1.807) is 43.6 Å². The molecule has 3 aromatic rings. The lowest BCUT2D eigenvalue weighted by Crippen LogP contribution is -2.15. The number of nitrogens with one attached hydrogen (secondary N) is 2. The summed E-state index contributed by atoms with van der Waals surface area (Å²) in [6.07, 6.45) is 1.66. The van der Waals surface area contributed by atoms with Crippen LogP contribution in [0, 0.1) is 17.0 Å². The van der Waals surface area contributed by atoms with E-state index in [0.717, 1.165) is 0 Å². The molecule has 11 nitrogen and oxygen atoms in total. The third-order valence-electron chi connectivity index (χ3n) is 4.05. The highest BCUT2D eigenvalue weighted by Crippen LogP contribution is 2.23. The molecule has 0 saturated heterocycles. The van der Waals surface area contributed by atoms with Crippen molar-refractivity contribution >= 4 is 28.9 Å². The second-order valence-corrected chi connectivity index (χ2v) is 6.02. The van der Waals surface area contributed by atoms with E-state index in [1.807, 2.05) is 0 Å². The molecule has 0 atom stereocenters. The molecule has 0 aliphatic carbocycles. The summed E-state index contributed by atoms with van der Waals surface area (Å²) in [5.74, 6) is -1.06. The molecule has 11 heteroatoms. The van der Waals surface area contributed by atoms with E-state index in [4.69, 9.17) is 0 Å². The van der Waals surface area contributed by atoms with Gasteiger partial charge in [-0.15, -0.1) is 0 Å². The Morgan fingerprint density at radius 2 is 1.57 bits per heavy atom. The van der Waals surface area contributed by atoms with Crippen molar-refractivity contribution in [2.24, 2.45) is 14.1 Å². The van der Waals surface area contributed by atoms with Crippen molar-refractivity contribution in [1.29, 1.82) is 0 Å². The summed E-state index contributed by atoms with van der Waals surface area (Å²) in [6, 6.07) is 7.90. The molecule has 0 aliphatic heterocycles. The third kappa shape index (κ3) is 3.72. The van der Waals surface area contributed by atoms with Crippen molar-refractivity contribution in [3.63, 3.8) is 0 Å².